The first-order valence-electron chi connectivity index (χ1n) is 11.8. The lowest BCUT2D eigenvalue weighted by Gasteiger charge is -2.58. The summed E-state index contributed by atoms with van der Waals surface area (Å²) in [7, 11) is 0. The zero-order valence-electron chi connectivity index (χ0n) is 18.2. The molecule has 0 amide bonds. The van der Waals surface area contributed by atoms with Crippen LogP contribution in [0.2, 0.25) is 0 Å². The summed E-state index contributed by atoms with van der Waals surface area (Å²) in [6, 6.07) is 0.335. The number of halogens is 3. The number of hydrogen-bond acceptors (Lipinski definition) is 1. The summed E-state index contributed by atoms with van der Waals surface area (Å²) in [4.78, 5) is 0. The zero-order valence-corrected chi connectivity index (χ0v) is 18.2. The number of nitrogens with two attached hydrogens (primary N) is 1. The SMILES string of the molecule is C=C(CCCC1CCC2C3CC=C4CC(N)CCC4(C)C3CCC12C)C(F)(F)F. The van der Waals surface area contributed by atoms with Gasteiger partial charge in [-0.05, 0) is 105 Å². The molecule has 0 aromatic carbocycles. The molecule has 2 N–H and O–H groups in total. The first kappa shape index (κ1) is 21.5. The summed E-state index contributed by atoms with van der Waals surface area (Å²) in [5.41, 5.74) is 7.98. The standard InChI is InChI=1S/C25H38F3N/c1-16(25(26,27)28)5-4-6-17-8-10-21-20-9-7-18-15-19(29)11-13-24(18,3)22(20)12-14-23(17,21)2/h7,17,19-22H,1,4-6,8-15,29H2,2-3H3. The Morgan fingerprint density at radius 2 is 1.90 bits per heavy atom. The van der Waals surface area contributed by atoms with Gasteiger partial charge in [0, 0.05) is 11.6 Å². The molecule has 4 aliphatic rings. The quantitative estimate of drug-likeness (QED) is 0.489. The molecular weight excluding hydrogens is 371 g/mol. The average Bonchev–Trinajstić information content (AvgIpc) is 2.98. The van der Waals surface area contributed by atoms with Gasteiger partial charge in [0.15, 0.2) is 0 Å². The third-order valence-electron chi connectivity index (χ3n) is 9.77. The van der Waals surface area contributed by atoms with Crippen molar-refractivity contribution < 1.29 is 13.2 Å². The fourth-order valence-electron chi connectivity index (χ4n) is 7.98. The van der Waals surface area contributed by atoms with Crippen LogP contribution in [0.5, 0.6) is 0 Å². The Hall–Kier alpha value is -0.770. The van der Waals surface area contributed by atoms with Crippen molar-refractivity contribution in [3.8, 4) is 0 Å². The molecule has 0 saturated heterocycles. The van der Waals surface area contributed by atoms with Crippen molar-refractivity contribution in [2.24, 2.45) is 40.2 Å². The average molecular weight is 410 g/mol. The van der Waals surface area contributed by atoms with Crippen molar-refractivity contribution in [2.75, 3.05) is 0 Å². The van der Waals surface area contributed by atoms with E-state index in [9.17, 15) is 13.2 Å². The lowest BCUT2D eigenvalue weighted by Crippen LogP contribution is -2.51. The minimum absolute atomic E-state index is 0.0945. The number of alkyl halides is 3. The first-order valence-corrected chi connectivity index (χ1v) is 11.8. The van der Waals surface area contributed by atoms with Gasteiger partial charge in [-0.15, -0.1) is 0 Å². The van der Waals surface area contributed by atoms with Crippen molar-refractivity contribution in [1.29, 1.82) is 0 Å². The minimum atomic E-state index is -4.23. The molecule has 29 heavy (non-hydrogen) atoms. The smallest absolute Gasteiger partial charge is 0.327 e. The van der Waals surface area contributed by atoms with Crippen LogP contribution in [0.4, 0.5) is 13.2 Å². The van der Waals surface area contributed by atoms with Crippen LogP contribution in [-0.2, 0) is 0 Å². The minimum Gasteiger partial charge on any atom is -0.327 e. The summed E-state index contributed by atoms with van der Waals surface area (Å²) >= 11 is 0. The monoisotopic (exact) mass is 409 g/mol. The lowest BCUT2D eigenvalue weighted by molar-refractivity contribution is -0.0939. The Bertz CT molecular complexity index is 680. The van der Waals surface area contributed by atoms with Gasteiger partial charge in [-0.3, -0.25) is 0 Å². The van der Waals surface area contributed by atoms with E-state index < -0.39 is 11.7 Å². The fraction of sp³-hybridized carbons (Fsp3) is 0.840. The van der Waals surface area contributed by atoms with E-state index in [4.69, 9.17) is 5.73 Å². The van der Waals surface area contributed by atoms with Crippen molar-refractivity contribution in [2.45, 2.75) is 96.7 Å². The Kier molecular flexibility index (Phi) is 5.50. The van der Waals surface area contributed by atoms with Crippen molar-refractivity contribution in [3.05, 3.63) is 23.8 Å². The largest absolute Gasteiger partial charge is 0.412 e. The Morgan fingerprint density at radius 1 is 1.14 bits per heavy atom. The van der Waals surface area contributed by atoms with E-state index in [0.717, 1.165) is 37.0 Å². The van der Waals surface area contributed by atoms with E-state index in [1.807, 2.05) is 0 Å². The predicted molar refractivity (Wildman–Crippen MR) is 112 cm³/mol. The van der Waals surface area contributed by atoms with E-state index in [1.165, 1.54) is 38.5 Å². The Morgan fingerprint density at radius 3 is 2.62 bits per heavy atom. The summed E-state index contributed by atoms with van der Waals surface area (Å²) < 4.78 is 38.3. The van der Waals surface area contributed by atoms with Gasteiger partial charge in [-0.1, -0.05) is 32.1 Å². The van der Waals surface area contributed by atoms with Gasteiger partial charge in [0.05, 0.1) is 0 Å². The van der Waals surface area contributed by atoms with Crippen LogP contribution in [0.3, 0.4) is 0 Å². The fourth-order valence-corrected chi connectivity index (χ4v) is 7.98. The molecule has 164 valence electrons. The van der Waals surface area contributed by atoms with Gasteiger partial charge in [0.2, 0.25) is 0 Å². The molecule has 1 nitrogen and oxygen atoms in total. The van der Waals surface area contributed by atoms with Crippen LogP contribution in [0.1, 0.15) is 84.5 Å². The second-order valence-corrected chi connectivity index (χ2v) is 11.1. The highest BCUT2D eigenvalue weighted by atomic mass is 19.4. The number of hydrogen-bond donors (Lipinski definition) is 1. The molecule has 0 aliphatic heterocycles. The highest BCUT2D eigenvalue weighted by molar-refractivity contribution is 5.25. The molecule has 0 bridgehead atoms. The van der Waals surface area contributed by atoms with Gasteiger partial charge >= 0.3 is 6.18 Å². The normalized spacial score (nSPS) is 44.5. The summed E-state index contributed by atoms with van der Waals surface area (Å²) in [5.74, 6) is 2.85. The van der Waals surface area contributed by atoms with Crippen molar-refractivity contribution in [1.82, 2.24) is 0 Å². The van der Waals surface area contributed by atoms with Crippen molar-refractivity contribution in [3.63, 3.8) is 0 Å². The molecule has 0 spiro atoms. The van der Waals surface area contributed by atoms with E-state index >= 15 is 0 Å². The lowest BCUT2D eigenvalue weighted by atomic mass is 9.47. The van der Waals surface area contributed by atoms with Crippen molar-refractivity contribution >= 4 is 0 Å². The van der Waals surface area contributed by atoms with Crippen LogP contribution in [0.25, 0.3) is 0 Å². The van der Waals surface area contributed by atoms with E-state index in [-0.39, 0.29) is 6.42 Å². The first-order chi connectivity index (χ1) is 13.6. The Balaban J connectivity index is 1.44. The maximum atomic E-state index is 12.8. The van der Waals surface area contributed by atoms with Gasteiger partial charge < -0.3 is 5.73 Å². The molecular formula is C25H38F3N. The predicted octanol–water partition coefficient (Wildman–Crippen LogP) is 7.18. The van der Waals surface area contributed by atoms with Crippen LogP contribution in [0.15, 0.2) is 23.8 Å². The second kappa shape index (κ2) is 7.43. The van der Waals surface area contributed by atoms with Gasteiger partial charge in [0.25, 0.3) is 0 Å². The zero-order chi connectivity index (χ0) is 21.0. The third-order valence-corrected chi connectivity index (χ3v) is 9.77. The van der Waals surface area contributed by atoms with Crippen LogP contribution >= 0.6 is 0 Å². The molecule has 3 saturated carbocycles. The molecule has 3 fully saturated rings. The van der Waals surface area contributed by atoms with E-state index in [0.29, 0.717) is 29.2 Å². The summed E-state index contributed by atoms with van der Waals surface area (Å²) in [6.45, 7) is 8.21. The highest BCUT2D eigenvalue weighted by Gasteiger charge is 2.58. The van der Waals surface area contributed by atoms with Crippen LogP contribution in [0, 0.1) is 34.5 Å². The number of allylic oxidation sites excluding steroid dienone is 2. The molecule has 4 heteroatoms. The van der Waals surface area contributed by atoms with Crippen LogP contribution in [-0.4, -0.2) is 12.2 Å². The number of rotatable bonds is 4. The molecule has 7 atom stereocenters. The topological polar surface area (TPSA) is 26.0 Å². The molecule has 0 radical (unpaired) electrons. The molecule has 4 rings (SSSR count). The maximum Gasteiger partial charge on any atom is 0.412 e. The molecule has 7 unspecified atom stereocenters. The molecule has 4 aliphatic carbocycles. The van der Waals surface area contributed by atoms with Gasteiger partial charge in [-0.2, -0.15) is 13.2 Å². The Labute approximate surface area is 174 Å². The maximum absolute atomic E-state index is 12.8. The molecule has 0 heterocycles. The number of fused-ring (bicyclic) bond motifs is 5. The highest BCUT2D eigenvalue weighted by Crippen LogP contribution is 2.66. The summed E-state index contributed by atoms with van der Waals surface area (Å²) in [5, 5.41) is 0. The molecule has 0 aromatic rings. The molecule has 0 aromatic heterocycles. The summed E-state index contributed by atoms with van der Waals surface area (Å²) in [6.07, 6.45) is 9.58. The third kappa shape index (κ3) is 3.62. The second-order valence-electron chi connectivity index (χ2n) is 11.1. The van der Waals surface area contributed by atoms with E-state index in [1.54, 1.807) is 5.57 Å². The van der Waals surface area contributed by atoms with Gasteiger partial charge in [0.1, 0.15) is 0 Å². The van der Waals surface area contributed by atoms with Gasteiger partial charge in [-0.25, -0.2) is 0 Å². The van der Waals surface area contributed by atoms with Crippen LogP contribution < -0.4 is 5.73 Å². The van der Waals surface area contributed by atoms with E-state index in [2.05, 4.69) is 26.5 Å².